The molecule has 0 saturated carbocycles. The number of ether oxygens (including phenoxy) is 2. The summed E-state index contributed by atoms with van der Waals surface area (Å²) in [5.74, 6) is 4.99. The van der Waals surface area contributed by atoms with E-state index in [1.165, 1.54) is 0 Å². The fraction of sp³-hybridized carbons (Fsp3) is 0.867. The first-order valence-electron chi connectivity index (χ1n) is 15.1. The summed E-state index contributed by atoms with van der Waals surface area (Å²) >= 11 is 0. The molecule has 0 aliphatic carbocycles. The minimum Gasteiger partial charge on any atom is -0.379 e. The first kappa shape index (κ1) is 36.9. The summed E-state index contributed by atoms with van der Waals surface area (Å²) in [5, 5.41) is 4.08. The van der Waals surface area contributed by atoms with Crippen LogP contribution >= 0.6 is 0 Å². The van der Waals surface area contributed by atoms with Crippen molar-refractivity contribution in [1.82, 2.24) is 20.1 Å². The molecule has 238 valence electrons. The summed E-state index contributed by atoms with van der Waals surface area (Å²) in [5.41, 5.74) is 0. The van der Waals surface area contributed by atoms with Crippen LogP contribution < -0.4 is 11.2 Å². The van der Waals surface area contributed by atoms with Crippen LogP contribution in [-0.2, 0) is 28.7 Å². The molecule has 8 atom stereocenters. The van der Waals surface area contributed by atoms with Crippen LogP contribution in [0.4, 0.5) is 0 Å². The van der Waals surface area contributed by atoms with E-state index >= 15 is 0 Å². The van der Waals surface area contributed by atoms with Crippen LogP contribution in [0.3, 0.4) is 0 Å². The quantitative estimate of drug-likeness (QED) is 0.115. The van der Waals surface area contributed by atoms with Gasteiger partial charge in [-0.1, -0.05) is 54.9 Å². The lowest BCUT2D eigenvalue weighted by atomic mass is 9.89. The highest BCUT2D eigenvalue weighted by molar-refractivity contribution is 5.90. The number of nitrogens with one attached hydrogen (secondary N) is 1. The SMILES string of the molecule is CCC(C)[C@@H]([C@@H](CC(=O)N1CCC[C@H]1[C@H](OC)[C@@H](C)C=O)OC)N(C)C(=O)[C@H](C(C)C)N(N)C(=O)[C@@H](NC)C(C)C. The number of hydrogen-bond donors (Lipinski definition) is 2. The molecule has 1 unspecified atom stereocenters. The molecule has 3 amide bonds. The van der Waals surface area contributed by atoms with Gasteiger partial charge in [-0.25, -0.2) is 5.84 Å². The smallest absolute Gasteiger partial charge is 0.254 e. The fourth-order valence-electron chi connectivity index (χ4n) is 6.24. The molecule has 0 aromatic carbocycles. The Morgan fingerprint density at radius 2 is 1.66 bits per heavy atom. The van der Waals surface area contributed by atoms with Crippen LogP contribution in [0.1, 0.15) is 74.1 Å². The molecule has 1 heterocycles. The number of aldehydes is 1. The van der Waals surface area contributed by atoms with E-state index in [2.05, 4.69) is 5.32 Å². The van der Waals surface area contributed by atoms with E-state index < -0.39 is 24.2 Å². The van der Waals surface area contributed by atoms with Gasteiger partial charge in [0, 0.05) is 33.7 Å². The Morgan fingerprint density at radius 3 is 2.10 bits per heavy atom. The second kappa shape index (κ2) is 17.1. The lowest BCUT2D eigenvalue weighted by Crippen LogP contribution is -2.63. The van der Waals surface area contributed by atoms with Gasteiger partial charge in [-0.05, 0) is 37.6 Å². The molecule has 1 saturated heterocycles. The number of likely N-dealkylation sites (tertiary alicyclic amines) is 1. The topological polar surface area (TPSA) is 135 Å². The van der Waals surface area contributed by atoms with Crippen molar-refractivity contribution < 1.29 is 28.7 Å². The number of methoxy groups -OCH3 is 2. The maximum Gasteiger partial charge on any atom is 0.254 e. The molecule has 1 fully saturated rings. The third kappa shape index (κ3) is 8.95. The Bertz CT molecular complexity index is 855. The first-order chi connectivity index (χ1) is 19.2. The molecule has 1 aliphatic rings. The van der Waals surface area contributed by atoms with Gasteiger partial charge in [0.15, 0.2) is 0 Å². The Morgan fingerprint density at radius 1 is 1.05 bits per heavy atom. The number of carbonyl (C=O) groups excluding carboxylic acids is 4. The number of rotatable bonds is 17. The molecule has 0 spiro atoms. The van der Waals surface area contributed by atoms with E-state index in [4.69, 9.17) is 15.3 Å². The van der Waals surface area contributed by atoms with E-state index in [-0.39, 0.29) is 60.0 Å². The normalized spacial score (nSPS) is 20.7. The van der Waals surface area contributed by atoms with Gasteiger partial charge in [-0.2, -0.15) is 0 Å². The summed E-state index contributed by atoms with van der Waals surface area (Å²) in [6.07, 6.45) is 2.29. The van der Waals surface area contributed by atoms with E-state index in [0.717, 1.165) is 30.6 Å². The molecule has 11 heteroatoms. The molecule has 0 aromatic heterocycles. The van der Waals surface area contributed by atoms with E-state index in [1.807, 2.05) is 41.5 Å². The predicted molar refractivity (Wildman–Crippen MR) is 160 cm³/mol. The highest BCUT2D eigenvalue weighted by atomic mass is 16.5. The fourth-order valence-corrected chi connectivity index (χ4v) is 6.24. The first-order valence-corrected chi connectivity index (χ1v) is 15.1. The minimum absolute atomic E-state index is 0.00616. The molecular formula is C30H57N5O6. The van der Waals surface area contributed by atoms with Crippen molar-refractivity contribution in [1.29, 1.82) is 0 Å². The monoisotopic (exact) mass is 583 g/mol. The largest absolute Gasteiger partial charge is 0.379 e. The van der Waals surface area contributed by atoms with E-state index in [0.29, 0.717) is 6.54 Å². The Kier molecular flexibility index (Phi) is 15.4. The van der Waals surface area contributed by atoms with E-state index in [1.54, 1.807) is 45.0 Å². The van der Waals surface area contributed by atoms with Gasteiger partial charge in [-0.3, -0.25) is 19.4 Å². The molecule has 41 heavy (non-hydrogen) atoms. The second-order valence-corrected chi connectivity index (χ2v) is 12.2. The summed E-state index contributed by atoms with van der Waals surface area (Å²) in [4.78, 5) is 55.9. The van der Waals surface area contributed by atoms with Crippen molar-refractivity contribution in [3.8, 4) is 0 Å². The van der Waals surface area contributed by atoms with Crippen molar-refractivity contribution in [3.05, 3.63) is 0 Å². The number of amides is 3. The average molecular weight is 584 g/mol. The lowest BCUT2D eigenvalue weighted by Gasteiger charge is -2.42. The molecular weight excluding hydrogens is 526 g/mol. The molecule has 1 rings (SSSR count). The third-order valence-electron chi connectivity index (χ3n) is 8.77. The molecule has 11 nitrogen and oxygen atoms in total. The average Bonchev–Trinajstić information content (AvgIpc) is 3.41. The zero-order chi connectivity index (χ0) is 31.6. The van der Waals surface area contributed by atoms with Gasteiger partial charge in [0.25, 0.3) is 5.91 Å². The van der Waals surface area contributed by atoms with Gasteiger partial charge < -0.3 is 29.4 Å². The van der Waals surface area contributed by atoms with Gasteiger partial charge in [-0.15, -0.1) is 0 Å². The standard InChI is InChI=1S/C30H57N5O6/c1-12-20(6)27(33(9)30(39)26(19(4)5)35(31)29(38)25(32-8)18(2)3)23(40-10)16-24(37)34-15-13-14-22(34)28(41-11)21(7)17-36/h17-23,25-28,32H,12-16,31H2,1-11H3/t20?,21-,22-,23+,25-,26-,27-,28+/m0/s1. The zero-order valence-electron chi connectivity index (χ0n) is 27.3. The molecule has 0 radical (unpaired) electrons. The number of carbonyl (C=O) groups is 4. The molecule has 0 aromatic rings. The Labute approximate surface area is 247 Å². The third-order valence-corrected chi connectivity index (χ3v) is 8.77. The Hall–Kier alpha value is -2.08. The van der Waals surface area contributed by atoms with Crippen LogP contribution in [0.25, 0.3) is 0 Å². The van der Waals surface area contributed by atoms with Crippen LogP contribution in [0.15, 0.2) is 0 Å². The number of nitrogens with zero attached hydrogens (tertiary/aromatic N) is 3. The van der Waals surface area contributed by atoms with Crippen molar-refractivity contribution in [3.63, 3.8) is 0 Å². The summed E-state index contributed by atoms with van der Waals surface area (Å²) in [6.45, 7) is 14.0. The number of hydrogen-bond acceptors (Lipinski definition) is 8. The maximum absolute atomic E-state index is 14.1. The van der Waals surface area contributed by atoms with Crippen LogP contribution in [-0.4, -0.2) is 110 Å². The lowest BCUT2D eigenvalue weighted by molar-refractivity contribution is -0.154. The Balaban J connectivity index is 3.30. The number of hydrazine groups is 1. The highest BCUT2D eigenvalue weighted by Gasteiger charge is 2.43. The van der Waals surface area contributed by atoms with Crippen molar-refractivity contribution >= 4 is 24.0 Å². The zero-order valence-corrected chi connectivity index (χ0v) is 27.3. The summed E-state index contributed by atoms with van der Waals surface area (Å²) in [7, 11) is 6.53. The van der Waals surface area contributed by atoms with Crippen molar-refractivity contribution in [2.45, 2.75) is 111 Å². The molecule has 3 N–H and O–H groups in total. The maximum atomic E-state index is 14.1. The van der Waals surface area contributed by atoms with Gasteiger partial charge in [0.1, 0.15) is 12.3 Å². The number of likely N-dealkylation sites (N-methyl/N-ethyl adjacent to an activating group) is 2. The van der Waals surface area contributed by atoms with Crippen molar-refractivity contribution in [2.24, 2.45) is 29.5 Å². The summed E-state index contributed by atoms with van der Waals surface area (Å²) < 4.78 is 11.6. The van der Waals surface area contributed by atoms with Crippen LogP contribution in [0.5, 0.6) is 0 Å². The van der Waals surface area contributed by atoms with Crippen LogP contribution in [0.2, 0.25) is 0 Å². The highest BCUT2D eigenvalue weighted by Crippen LogP contribution is 2.29. The van der Waals surface area contributed by atoms with Gasteiger partial charge in [0.05, 0.1) is 36.8 Å². The van der Waals surface area contributed by atoms with Gasteiger partial charge >= 0.3 is 0 Å². The second-order valence-electron chi connectivity index (χ2n) is 12.2. The number of nitrogens with two attached hydrogens (primary N) is 1. The van der Waals surface area contributed by atoms with Crippen molar-refractivity contribution in [2.75, 3.05) is 34.9 Å². The van der Waals surface area contributed by atoms with Crippen LogP contribution in [0, 0.1) is 23.7 Å². The predicted octanol–water partition coefficient (Wildman–Crippen LogP) is 2.08. The molecule has 1 aliphatic heterocycles. The van der Waals surface area contributed by atoms with E-state index in [9.17, 15) is 19.2 Å². The van der Waals surface area contributed by atoms with Gasteiger partial charge in [0.2, 0.25) is 11.8 Å². The molecule has 0 bridgehead atoms. The summed E-state index contributed by atoms with van der Waals surface area (Å²) in [6, 6.07) is -2.06. The minimum atomic E-state index is -0.892.